The van der Waals surface area contributed by atoms with Gasteiger partial charge in [-0.3, -0.25) is 4.79 Å². The monoisotopic (exact) mass is 405 g/mol. The third-order valence-electron chi connectivity index (χ3n) is 4.66. The van der Waals surface area contributed by atoms with E-state index in [1.807, 2.05) is 24.3 Å². The van der Waals surface area contributed by atoms with Crippen molar-refractivity contribution < 1.29 is 23.5 Å². The Labute approximate surface area is 172 Å². The standard InChI is InChI=1S/C22H19N3O5/c1-28-16-9-7-15(8-10-16)18-13-19(20-6-4-12-29-20)25(24-18)21(26)14-30-22(27)17-5-2-3-11-23-17/h2-12,19H,13-14H2,1H3/t19-/m0/s1. The van der Waals surface area contributed by atoms with Crippen LogP contribution in [0.25, 0.3) is 0 Å². The Bertz CT molecular complexity index is 1050. The minimum absolute atomic E-state index is 0.136. The Morgan fingerprint density at radius 1 is 1.13 bits per heavy atom. The van der Waals surface area contributed by atoms with Crippen molar-refractivity contribution in [3.63, 3.8) is 0 Å². The van der Waals surface area contributed by atoms with Crippen LogP contribution in [0.5, 0.6) is 5.75 Å². The summed E-state index contributed by atoms with van der Waals surface area (Å²) in [6, 6.07) is 15.4. The number of rotatable bonds is 6. The minimum Gasteiger partial charge on any atom is -0.497 e. The molecule has 0 N–H and O–H groups in total. The van der Waals surface area contributed by atoms with E-state index in [1.54, 1.807) is 37.6 Å². The molecule has 1 amide bonds. The Morgan fingerprint density at radius 3 is 2.63 bits per heavy atom. The summed E-state index contributed by atoms with van der Waals surface area (Å²) in [4.78, 5) is 28.8. The smallest absolute Gasteiger partial charge is 0.357 e. The number of pyridine rings is 1. The van der Waals surface area contributed by atoms with Gasteiger partial charge in [-0.1, -0.05) is 6.07 Å². The molecule has 8 heteroatoms. The lowest BCUT2D eigenvalue weighted by Crippen LogP contribution is -2.31. The van der Waals surface area contributed by atoms with Crippen molar-refractivity contribution >= 4 is 17.6 Å². The number of amides is 1. The lowest BCUT2D eigenvalue weighted by Gasteiger charge is -2.19. The molecule has 0 aliphatic carbocycles. The highest BCUT2D eigenvalue weighted by molar-refractivity contribution is 6.03. The number of benzene rings is 1. The van der Waals surface area contributed by atoms with E-state index >= 15 is 0 Å². The second-order valence-corrected chi connectivity index (χ2v) is 6.54. The molecule has 8 nitrogen and oxygen atoms in total. The Balaban J connectivity index is 1.51. The third kappa shape index (κ3) is 4.07. The summed E-state index contributed by atoms with van der Waals surface area (Å²) in [5.41, 5.74) is 1.73. The molecular weight excluding hydrogens is 386 g/mol. The maximum Gasteiger partial charge on any atom is 0.357 e. The average molecular weight is 405 g/mol. The van der Waals surface area contributed by atoms with Crippen LogP contribution in [0.3, 0.4) is 0 Å². The van der Waals surface area contributed by atoms with Crippen molar-refractivity contribution in [2.24, 2.45) is 5.10 Å². The van der Waals surface area contributed by atoms with Gasteiger partial charge >= 0.3 is 5.97 Å². The van der Waals surface area contributed by atoms with E-state index in [0.717, 1.165) is 17.0 Å². The van der Waals surface area contributed by atoms with Crippen LogP contribution in [0.1, 0.15) is 34.3 Å². The molecule has 0 spiro atoms. The molecule has 0 saturated heterocycles. The Hall–Kier alpha value is -3.94. The van der Waals surface area contributed by atoms with Crippen LogP contribution < -0.4 is 4.74 Å². The van der Waals surface area contributed by atoms with Crippen molar-refractivity contribution in [1.29, 1.82) is 0 Å². The van der Waals surface area contributed by atoms with E-state index in [-0.39, 0.29) is 5.69 Å². The zero-order valence-electron chi connectivity index (χ0n) is 16.2. The van der Waals surface area contributed by atoms with Crippen LogP contribution in [-0.2, 0) is 9.53 Å². The molecular formula is C22H19N3O5. The molecule has 30 heavy (non-hydrogen) atoms. The molecule has 152 valence electrons. The Morgan fingerprint density at radius 2 is 1.97 bits per heavy atom. The van der Waals surface area contributed by atoms with E-state index in [1.165, 1.54) is 17.3 Å². The van der Waals surface area contributed by atoms with E-state index < -0.39 is 24.5 Å². The van der Waals surface area contributed by atoms with Crippen molar-refractivity contribution in [3.05, 3.63) is 84.1 Å². The third-order valence-corrected chi connectivity index (χ3v) is 4.66. The molecule has 1 aliphatic heterocycles. The van der Waals surface area contributed by atoms with Crippen molar-refractivity contribution in [2.45, 2.75) is 12.5 Å². The van der Waals surface area contributed by atoms with Crippen LogP contribution >= 0.6 is 0 Å². The fourth-order valence-electron chi connectivity index (χ4n) is 3.15. The van der Waals surface area contributed by atoms with Crippen LogP contribution in [-0.4, -0.2) is 41.3 Å². The molecule has 4 rings (SSSR count). The van der Waals surface area contributed by atoms with Gasteiger partial charge in [-0.05, 0) is 54.1 Å². The first kappa shape index (κ1) is 19.4. The van der Waals surface area contributed by atoms with Gasteiger partial charge in [0.1, 0.15) is 23.2 Å². The van der Waals surface area contributed by atoms with E-state index in [9.17, 15) is 9.59 Å². The summed E-state index contributed by atoms with van der Waals surface area (Å²) in [7, 11) is 1.60. The number of esters is 1. The van der Waals surface area contributed by atoms with E-state index in [4.69, 9.17) is 13.9 Å². The van der Waals surface area contributed by atoms with Crippen LogP contribution in [0.15, 0.2) is 76.6 Å². The zero-order valence-corrected chi connectivity index (χ0v) is 16.2. The topological polar surface area (TPSA) is 94.2 Å². The van der Waals surface area contributed by atoms with Gasteiger partial charge in [0.15, 0.2) is 6.61 Å². The molecule has 0 fully saturated rings. The number of methoxy groups -OCH3 is 1. The molecule has 0 unspecified atom stereocenters. The van der Waals surface area contributed by atoms with Gasteiger partial charge in [0.25, 0.3) is 5.91 Å². The maximum absolute atomic E-state index is 12.8. The maximum atomic E-state index is 12.8. The number of hydrogen-bond donors (Lipinski definition) is 0. The molecule has 1 atom stereocenters. The molecule has 0 bridgehead atoms. The number of ether oxygens (including phenoxy) is 2. The fraction of sp³-hybridized carbons (Fsp3) is 0.182. The number of furan rings is 1. The predicted molar refractivity (Wildman–Crippen MR) is 107 cm³/mol. The number of hydrazone groups is 1. The normalized spacial score (nSPS) is 15.6. The average Bonchev–Trinajstić information content (AvgIpc) is 3.48. The van der Waals surface area contributed by atoms with Crippen molar-refractivity contribution in [3.8, 4) is 5.75 Å². The van der Waals surface area contributed by atoms with Gasteiger partial charge in [0.2, 0.25) is 0 Å². The first-order valence-corrected chi connectivity index (χ1v) is 9.31. The molecule has 0 saturated carbocycles. The summed E-state index contributed by atoms with van der Waals surface area (Å²) in [6.07, 6.45) is 3.50. The van der Waals surface area contributed by atoms with Gasteiger partial charge in [0.05, 0.1) is 19.1 Å². The summed E-state index contributed by atoms with van der Waals surface area (Å²) in [6.45, 7) is -0.452. The largest absolute Gasteiger partial charge is 0.497 e. The highest BCUT2D eigenvalue weighted by atomic mass is 16.5. The number of carbonyl (C=O) groups excluding carboxylic acids is 2. The number of aromatic nitrogens is 1. The van der Waals surface area contributed by atoms with Gasteiger partial charge < -0.3 is 13.9 Å². The highest BCUT2D eigenvalue weighted by Gasteiger charge is 2.35. The molecule has 0 radical (unpaired) electrons. The van der Waals surface area contributed by atoms with Crippen LogP contribution in [0.4, 0.5) is 0 Å². The van der Waals surface area contributed by atoms with Crippen molar-refractivity contribution in [2.75, 3.05) is 13.7 Å². The van der Waals surface area contributed by atoms with Crippen molar-refractivity contribution in [1.82, 2.24) is 9.99 Å². The minimum atomic E-state index is -0.669. The predicted octanol–water partition coefficient (Wildman–Crippen LogP) is 3.22. The van der Waals surface area contributed by atoms with Crippen LogP contribution in [0, 0.1) is 0 Å². The molecule has 1 aliphatic rings. The highest BCUT2D eigenvalue weighted by Crippen LogP contribution is 2.33. The van der Waals surface area contributed by atoms with E-state index in [0.29, 0.717) is 12.2 Å². The van der Waals surface area contributed by atoms with E-state index in [2.05, 4.69) is 10.1 Å². The molecule has 1 aromatic carbocycles. The first-order chi connectivity index (χ1) is 14.7. The summed E-state index contributed by atoms with van der Waals surface area (Å²) < 4.78 is 15.8. The quantitative estimate of drug-likeness (QED) is 0.585. The number of carbonyl (C=O) groups is 2. The molecule has 3 aromatic rings. The van der Waals surface area contributed by atoms with Gasteiger partial charge in [-0.2, -0.15) is 5.10 Å². The van der Waals surface area contributed by atoms with Gasteiger partial charge in [-0.15, -0.1) is 0 Å². The first-order valence-electron chi connectivity index (χ1n) is 9.31. The molecule has 2 aromatic heterocycles. The lowest BCUT2D eigenvalue weighted by atomic mass is 10.0. The summed E-state index contributed by atoms with van der Waals surface area (Å²) in [5.74, 6) is 0.210. The second-order valence-electron chi connectivity index (χ2n) is 6.54. The van der Waals surface area contributed by atoms with Gasteiger partial charge in [-0.25, -0.2) is 14.8 Å². The zero-order chi connectivity index (χ0) is 20.9. The second kappa shape index (κ2) is 8.60. The summed E-state index contributed by atoms with van der Waals surface area (Å²) >= 11 is 0. The molecule has 3 heterocycles. The SMILES string of the molecule is COc1ccc(C2=NN(C(=O)COC(=O)c3ccccn3)[C@H](c3ccco3)C2)cc1. The number of hydrogen-bond acceptors (Lipinski definition) is 7. The summed E-state index contributed by atoms with van der Waals surface area (Å²) in [5, 5.41) is 5.80. The Kier molecular flexibility index (Phi) is 5.56. The fourth-order valence-corrected chi connectivity index (χ4v) is 3.15. The van der Waals surface area contributed by atoms with Crippen LogP contribution in [0.2, 0.25) is 0 Å². The number of nitrogens with zero attached hydrogens (tertiary/aromatic N) is 3. The van der Waals surface area contributed by atoms with Gasteiger partial charge in [0, 0.05) is 12.6 Å². The lowest BCUT2D eigenvalue weighted by molar-refractivity contribution is -0.136.